The summed E-state index contributed by atoms with van der Waals surface area (Å²) in [6.07, 6.45) is 0.669. The van der Waals surface area contributed by atoms with Gasteiger partial charge in [-0.05, 0) is 63.3 Å². The Morgan fingerprint density at radius 3 is 2.13 bits per heavy atom. The lowest BCUT2D eigenvalue weighted by molar-refractivity contribution is -0.142. The molecule has 2 aromatic rings. The van der Waals surface area contributed by atoms with Gasteiger partial charge in [-0.15, -0.1) is 0 Å². The third kappa shape index (κ3) is 8.08. The smallest absolute Gasteiger partial charge is 0.261 e. The Balaban J connectivity index is 2.07. The number of hydrogen-bond acceptors (Lipinski definition) is 3. The van der Waals surface area contributed by atoms with E-state index < -0.39 is 6.04 Å². The van der Waals surface area contributed by atoms with Crippen LogP contribution in [0.2, 0.25) is 0 Å². The molecule has 0 spiro atoms. The molecule has 0 saturated carbocycles. The van der Waals surface area contributed by atoms with E-state index in [0.717, 1.165) is 5.56 Å². The Kier molecular flexibility index (Phi) is 8.66. The molecule has 0 aromatic heterocycles. The maximum Gasteiger partial charge on any atom is 0.261 e. The van der Waals surface area contributed by atoms with Crippen LogP contribution in [-0.4, -0.2) is 41.4 Å². The summed E-state index contributed by atoms with van der Waals surface area (Å²) in [5.74, 6) is 0.703. The number of benzene rings is 2. The molecule has 2 aromatic carbocycles. The van der Waals surface area contributed by atoms with Crippen LogP contribution >= 0.6 is 0 Å². The molecule has 5 heteroatoms. The van der Waals surface area contributed by atoms with Crippen LogP contribution < -0.4 is 10.1 Å². The molecule has 2 amide bonds. The molecule has 0 saturated heterocycles. The molecule has 1 N–H and O–H groups in total. The zero-order valence-corrected chi connectivity index (χ0v) is 19.6. The van der Waals surface area contributed by atoms with Crippen molar-refractivity contribution >= 4 is 11.8 Å². The Morgan fingerprint density at radius 1 is 0.968 bits per heavy atom. The van der Waals surface area contributed by atoms with E-state index in [-0.39, 0.29) is 24.0 Å². The van der Waals surface area contributed by atoms with E-state index in [2.05, 4.69) is 19.2 Å². The van der Waals surface area contributed by atoms with E-state index in [1.165, 1.54) is 5.56 Å². The van der Waals surface area contributed by atoms with Crippen molar-refractivity contribution in [3.8, 4) is 5.75 Å². The highest BCUT2D eigenvalue weighted by Crippen LogP contribution is 2.19. The van der Waals surface area contributed by atoms with Crippen molar-refractivity contribution in [2.75, 3.05) is 13.2 Å². The molecule has 1 atom stereocenters. The van der Waals surface area contributed by atoms with Crippen LogP contribution in [0.25, 0.3) is 0 Å². The fourth-order valence-corrected chi connectivity index (χ4v) is 3.22. The molecule has 31 heavy (non-hydrogen) atoms. The third-order valence-corrected chi connectivity index (χ3v) is 5.06. The van der Waals surface area contributed by atoms with E-state index in [4.69, 9.17) is 4.74 Å². The second kappa shape index (κ2) is 11.0. The normalized spacial score (nSPS) is 12.4. The molecule has 0 aliphatic heterocycles. The highest BCUT2D eigenvalue weighted by molar-refractivity contribution is 5.88. The lowest BCUT2D eigenvalue weighted by Gasteiger charge is -2.31. The van der Waals surface area contributed by atoms with Gasteiger partial charge in [0.2, 0.25) is 5.91 Å². The molecule has 0 radical (unpaired) electrons. The summed E-state index contributed by atoms with van der Waals surface area (Å²) < 4.78 is 5.74. The van der Waals surface area contributed by atoms with Crippen molar-refractivity contribution < 1.29 is 14.3 Å². The third-order valence-electron chi connectivity index (χ3n) is 5.06. The number of nitrogens with zero attached hydrogens (tertiary/aromatic N) is 1. The molecular weight excluding hydrogens is 388 g/mol. The van der Waals surface area contributed by atoms with Gasteiger partial charge in [0.15, 0.2) is 6.61 Å². The van der Waals surface area contributed by atoms with Gasteiger partial charge in [0.05, 0.1) is 0 Å². The Morgan fingerprint density at radius 2 is 1.58 bits per heavy atom. The monoisotopic (exact) mass is 424 g/mol. The summed E-state index contributed by atoms with van der Waals surface area (Å²) in [6, 6.07) is 17.1. The molecule has 168 valence electrons. The first-order valence-electron chi connectivity index (χ1n) is 10.9. The van der Waals surface area contributed by atoms with Gasteiger partial charge in [-0.1, -0.05) is 56.3 Å². The van der Waals surface area contributed by atoms with Gasteiger partial charge in [-0.3, -0.25) is 9.59 Å². The van der Waals surface area contributed by atoms with Gasteiger partial charge in [0, 0.05) is 12.1 Å². The van der Waals surface area contributed by atoms with Crippen LogP contribution in [0.15, 0.2) is 54.6 Å². The van der Waals surface area contributed by atoms with Gasteiger partial charge < -0.3 is 15.0 Å². The number of nitrogens with one attached hydrogen (secondary N) is 1. The summed E-state index contributed by atoms with van der Waals surface area (Å²) in [4.78, 5) is 27.4. The lowest BCUT2D eigenvalue weighted by Crippen LogP contribution is -2.53. The maximum absolute atomic E-state index is 13.0. The summed E-state index contributed by atoms with van der Waals surface area (Å²) in [5, 5.41) is 2.97. The SMILES string of the molecule is CC(C)c1ccc(OCC(=O)N(CCc2ccccc2)[C@H](C)C(=O)NC(C)(C)C)cc1. The summed E-state index contributed by atoms with van der Waals surface area (Å²) in [7, 11) is 0. The van der Waals surface area contributed by atoms with E-state index >= 15 is 0 Å². The number of amides is 2. The number of carbonyl (C=O) groups excluding carboxylic acids is 2. The molecule has 0 aliphatic rings. The number of hydrogen-bond donors (Lipinski definition) is 1. The Bertz CT molecular complexity index is 839. The number of ether oxygens (including phenoxy) is 1. The first-order chi connectivity index (χ1) is 14.6. The van der Waals surface area contributed by atoms with Gasteiger partial charge in [0.25, 0.3) is 5.91 Å². The van der Waals surface area contributed by atoms with E-state index in [1.54, 1.807) is 11.8 Å². The lowest BCUT2D eigenvalue weighted by atomic mass is 10.0. The molecule has 0 bridgehead atoms. The Hall–Kier alpha value is -2.82. The van der Waals surface area contributed by atoms with Gasteiger partial charge in [-0.2, -0.15) is 0 Å². The highest BCUT2D eigenvalue weighted by Gasteiger charge is 2.28. The zero-order valence-electron chi connectivity index (χ0n) is 19.6. The minimum absolute atomic E-state index is 0.108. The largest absolute Gasteiger partial charge is 0.484 e. The Labute approximate surface area is 186 Å². The van der Waals surface area contributed by atoms with Gasteiger partial charge in [-0.25, -0.2) is 0 Å². The van der Waals surface area contributed by atoms with Gasteiger partial charge >= 0.3 is 0 Å². The van der Waals surface area contributed by atoms with Crippen molar-refractivity contribution in [3.63, 3.8) is 0 Å². The fraction of sp³-hybridized carbons (Fsp3) is 0.462. The summed E-state index contributed by atoms with van der Waals surface area (Å²) in [5.41, 5.74) is 1.97. The molecule has 0 heterocycles. The predicted octanol–water partition coefficient (Wildman–Crippen LogP) is 4.56. The minimum atomic E-state index is -0.595. The minimum Gasteiger partial charge on any atom is -0.484 e. The van der Waals surface area contributed by atoms with Crippen molar-refractivity contribution in [1.29, 1.82) is 0 Å². The first kappa shape index (κ1) is 24.4. The second-order valence-electron chi connectivity index (χ2n) is 9.25. The quantitative estimate of drug-likeness (QED) is 0.642. The average molecular weight is 425 g/mol. The van der Waals surface area contributed by atoms with E-state index in [9.17, 15) is 9.59 Å². The van der Waals surface area contributed by atoms with Crippen LogP contribution in [0.4, 0.5) is 0 Å². The van der Waals surface area contributed by atoms with E-state index in [1.807, 2.05) is 75.4 Å². The van der Waals surface area contributed by atoms with Crippen LogP contribution in [0.1, 0.15) is 58.6 Å². The van der Waals surface area contributed by atoms with Crippen molar-refractivity contribution in [3.05, 3.63) is 65.7 Å². The predicted molar refractivity (Wildman–Crippen MR) is 125 cm³/mol. The standard InChI is InChI=1S/C26H36N2O3/c1-19(2)22-12-14-23(15-13-22)31-18-24(29)28(17-16-21-10-8-7-9-11-21)20(3)25(30)27-26(4,5)6/h7-15,19-20H,16-18H2,1-6H3,(H,27,30)/t20-/m1/s1. The van der Waals surface area contributed by atoms with E-state index in [0.29, 0.717) is 24.6 Å². The first-order valence-corrected chi connectivity index (χ1v) is 10.9. The second-order valence-corrected chi connectivity index (χ2v) is 9.25. The van der Waals surface area contributed by atoms with Crippen molar-refractivity contribution in [2.24, 2.45) is 0 Å². The van der Waals surface area contributed by atoms with Crippen LogP contribution in [0.5, 0.6) is 5.75 Å². The van der Waals surface area contributed by atoms with Gasteiger partial charge in [0.1, 0.15) is 11.8 Å². The zero-order chi connectivity index (χ0) is 23.0. The fourth-order valence-electron chi connectivity index (χ4n) is 3.22. The number of carbonyl (C=O) groups is 2. The average Bonchev–Trinajstić information content (AvgIpc) is 2.72. The van der Waals surface area contributed by atoms with Crippen LogP contribution in [0.3, 0.4) is 0 Å². The molecule has 2 rings (SSSR count). The van der Waals surface area contributed by atoms with Crippen molar-refractivity contribution in [2.45, 2.75) is 65.5 Å². The van der Waals surface area contributed by atoms with Crippen molar-refractivity contribution in [1.82, 2.24) is 10.2 Å². The number of rotatable bonds is 9. The van der Waals surface area contributed by atoms with Crippen LogP contribution in [0, 0.1) is 0 Å². The summed E-state index contributed by atoms with van der Waals surface area (Å²) in [6.45, 7) is 12.1. The molecular formula is C26H36N2O3. The van der Waals surface area contributed by atoms with Crippen LogP contribution in [-0.2, 0) is 16.0 Å². The molecule has 5 nitrogen and oxygen atoms in total. The molecule has 0 unspecified atom stereocenters. The highest BCUT2D eigenvalue weighted by atomic mass is 16.5. The molecule has 0 aliphatic carbocycles. The summed E-state index contributed by atoms with van der Waals surface area (Å²) >= 11 is 0. The maximum atomic E-state index is 13.0. The molecule has 0 fully saturated rings. The topological polar surface area (TPSA) is 58.6 Å².